The maximum Gasteiger partial charge on any atom is 0.416 e. The Kier molecular flexibility index (Phi) is 6.13. The van der Waals surface area contributed by atoms with Crippen LogP contribution in [0.4, 0.5) is 13.2 Å². The predicted molar refractivity (Wildman–Crippen MR) is 100 cm³/mol. The Morgan fingerprint density at radius 2 is 1.83 bits per heavy atom. The number of carbonyl (C=O) groups excluding carboxylic acids is 1. The zero-order valence-corrected chi connectivity index (χ0v) is 15.7. The van der Waals surface area contributed by atoms with Crippen LogP contribution in [0.15, 0.2) is 53.8 Å². The van der Waals surface area contributed by atoms with E-state index in [0.717, 1.165) is 10.7 Å². The Balaban J connectivity index is 2.05. The van der Waals surface area contributed by atoms with Crippen molar-refractivity contribution in [2.75, 3.05) is 6.54 Å². The number of halogens is 4. The van der Waals surface area contributed by atoms with Crippen molar-refractivity contribution in [1.82, 2.24) is 25.1 Å². The highest BCUT2D eigenvalue weighted by molar-refractivity contribution is 6.30. The number of carbonyl (C=O) groups is 1. The number of amides is 1. The van der Waals surface area contributed by atoms with E-state index in [9.17, 15) is 22.8 Å². The van der Waals surface area contributed by atoms with Crippen molar-refractivity contribution in [3.8, 4) is 16.9 Å². The number of aliphatic hydroxyl groups excluding tert-OH is 1. The molecule has 2 aromatic heterocycles. The number of nitrogens with one attached hydrogen (secondary N) is 1. The Hall–Kier alpha value is -3.31. The lowest BCUT2D eigenvalue weighted by molar-refractivity contribution is -0.201. The smallest absolute Gasteiger partial charge is 0.382 e. The predicted octanol–water partition coefficient (Wildman–Crippen LogP) is 2.00. The van der Waals surface area contributed by atoms with Crippen LogP contribution in [0, 0.1) is 0 Å². The van der Waals surface area contributed by atoms with Crippen LogP contribution in [-0.2, 0) is 0 Å². The molecule has 12 heteroatoms. The summed E-state index contributed by atoms with van der Waals surface area (Å²) in [6, 6.07) is 7.46. The number of aliphatic hydroxyl groups is 1. The molecule has 1 amide bonds. The Bertz CT molecular complexity index is 1100. The second-order valence-corrected chi connectivity index (χ2v) is 6.47. The van der Waals surface area contributed by atoms with E-state index < -0.39 is 35.9 Å². The first-order chi connectivity index (χ1) is 14.2. The summed E-state index contributed by atoms with van der Waals surface area (Å²) < 4.78 is 38.3. The minimum Gasteiger partial charge on any atom is -0.382 e. The summed E-state index contributed by atoms with van der Waals surface area (Å²) in [6.45, 7) is -1.12. The average molecular weight is 440 g/mol. The maximum absolute atomic E-state index is 12.8. The quantitative estimate of drug-likeness (QED) is 0.629. The second kappa shape index (κ2) is 8.59. The monoisotopic (exact) mass is 439 g/mol. The standard InChI is InChI=1S/C18H13ClF3N5O3/c19-11-3-1-10(2-4-11)14-5-13(16(29)25-8-15(28)18(20,21)22)17(30)27(26-14)12-6-23-9-24-7-12/h1-7,9,15,28H,8H2,(H,25,29). The highest BCUT2D eigenvalue weighted by Gasteiger charge is 2.38. The van der Waals surface area contributed by atoms with Crippen molar-refractivity contribution in [1.29, 1.82) is 0 Å². The number of hydrogen-bond acceptors (Lipinski definition) is 6. The van der Waals surface area contributed by atoms with E-state index in [1.807, 2.05) is 5.32 Å². The van der Waals surface area contributed by atoms with Gasteiger partial charge in [-0.05, 0) is 18.2 Å². The van der Waals surface area contributed by atoms with Crippen molar-refractivity contribution < 1.29 is 23.1 Å². The summed E-state index contributed by atoms with van der Waals surface area (Å²) in [4.78, 5) is 32.8. The van der Waals surface area contributed by atoms with Gasteiger partial charge in [0.25, 0.3) is 11.5 Å². The van der Waals surface area contributed by atoms with Gasteiger partial charge in [0, 0.05) is 10.6 Å². The number of rotatable bonds is 5. The SMILES string of the molecule is O=C(NCC(O)C(F)(F)F)c1cc(-c2ccc(Cl)cc2)nn(-c2cncnc2)c1=O. The van der Waals surface area contributed by atoms with Crippen LogP contribution in [0.1, 0.15) is 10.4 Å². The third-order valence-corrected chi connectivity index (χ3v) is 4.17. The molecular formula is C18H13ClF3N5O3. The normalized spacial score (nSPS) is 12.4. The van der Waals surface area contributed by atoms with Crippen LogP contribution >= 0.6 is 11.6 Å². The molecular weight excluding hydrogens is 427 g/mol. The molecule has 0 spiro atoms. The molecule has 1 aromatic carbocycles. The number of aromatic nitrogens is 4. The number of nitrogens with zero attached hydrogens (tertiary/aromatic N) is 4. The molecule has 0 aliphatic rings. The van der Waals surface area contributed by atoms with Gasteiger partial charge in [0.2, 0.25) is 0 Å². The van der Waals surface area contributed by atoms with E-state index in [-0.39, 0.29) is 11.4 Å². The van der Waals surface area contributed by atoms with Gasteiger partial charge in [0.1, 0.15) is 17.6 Å². The molecule has 3 rings (SSSR count). The molecule has 1 unspecified atom stereocenters. The summed E-state index contributed by atoms with van der Waals surface area (Å²) in [7, 11) is 0. The number of alkyl halides is 3. The van der Waals surface area contributed by atoms with E-state index in [0.29, 0.717) is 10.6 Å². The summed E-state index contributed by atoms with van der Waals surface area (Å²) in [5, 5.41) is 15.6. The van der Waals surface area contributed by atoms with Gasteiger partial charge in [0.15, 0.2) is 6.10 Å². The van der Waals surface area contributed by atoms with Crippen LogP contribution in [0.25, 0.3) is 16.9 Å². The summed E-state index contributed by atoms with van der Waals surface area (Å²) in [6.07, 6.45) is -3.90. The molecule has 3 aromatic rings. The maximum atomic E-state index is 12.8. The first-order valence-electron chi connectivity index (χ1n) is 8.35. The Labute approximate surface area is 172 Å². The summed E-state index contributed by atoms with van der Waals surface area (Å²) in [5.74, 6) is -1.11. The molecule has 0 saturated heterocycles. The fourth-order valence-electron chi connectivity index (χ4n) is 2.39. The molecule has 0 bridgehead atoms. The minimum atomic E-state index is -4.92. The topological polar surface area (TPSA) is 110 Å². The third-order valence-electron chi connectivity index (χ3n) is 3.92. The van der Waals surface area contributed by atoms with Crippen molar-refractivity contribution in [3.63, 3.8) is 0 Å². The fourth-order valence-corrected chi connectivity index (χ4v) is 2.52. The average Bonchev–Trinajstić information content (AvgIpc) is 2.72. The zero-order chi connectivity index (χ0) is 21.9. The Morgan fingerprint density at radius 1 is 1.20 bits per heavy atom. The highest BCUT2D eigenvalue weighted by atomic mass is 35.5. The van der Waals surface area contributed by atoms with Crippen LogP contribution in [0.2, 0.25) is 5.02 Å². The van der Waals surface area contributed by atoms with Gasteiger partial charge in [-0.1, -0.05) is 23.7 Å². The van der Waals surface area contributed by atoms with Gasteiger partial charge in [-0.15, -0.1) is 0 Å². The van der Waals surface area contributed by atoms with Gasteiger partial charge in [0.05, 0.1) is 24.6 Å². The van der Waals surface area contributed by atoms with Crippen LogP contribution in [0.5, 0.6) is 0 Å². The van der Waals surface area contributed by atoms with Gasteiger partial charge < -0.3 is 10.4 Å². The zero-order valence-electron chi connectivity index (χ0n) is 15.0. The third kappa shape index (κ3) is 4.81. The molecule has 1 atom stereocenters. The van der Waals surface area contributed by atoms with Gasteiger partial charge in [-0.25, -0.2) is 9.97 Å². The van der Waals surface area contributed by atoms with Crippen LogP contribution in [0.3, 0.4) is 0 Å². The first-order valence-corrected chi connectivity index (χ1v) is 8.73. The van der Waals surface area contributed by atoms with E-state index in [1.165, 1.54) is 18.7 Å². The summed E-state index contributed by atoms with van der Waals surface area (Å²) >= 11 is 5.87. The van der Waals surface area contributed by atoms with Crippen molar-refractivity contribution >= 4 is 17.5 Å². The molecule has 0 saturated carbocycles. The lowest BCUT2D eigenvalue weighted by Gasteiger charge is -2.15. The molecule has 0 aliphatic carbocycles. The fraction of sp³-hybridized carbons (Fsp3) is 0.167. The van der Waals surface area contributed by atoms with Crippen molar-refractivity contribution in [2.45, 2.75) is 12.3 Å². The largest absolute Gasteiger partial charge is 0.416 e. The highest BCUT2D eigenvalue weighted by Crippen LogP contribution is 2.21. The molecule has 0 radical (unpaired) electrons. The van der Waals surface area contributed by atoms with Crippen molar-refractivity contribution in [3.05, 3.63) is 70.0 Å². The molecule has 30 heavy (non-hydrogen) atoms. The lowest BCUT2D eigenvalue weighted by atomic mass is 10.1. The van der Waals surface area contributed by atoms with Crippen LogP contribution < -0.4 is 10.9 Å². The molecule has 0 aliphatic heterocycles. The molecule has 0 fully saturated rings. The lowest BCUT2D eigenvalue weighted by Crippen LogP contribution is -2.42. The summed E-state index contributed by atoms with van der Waals surface area (Å²) in [5.41, 5.74) is -0.566. The number of benzene rings is 1. The molecule has 2 N–H and O–H groups in total. The Morgan fingerprint density at radius 3 is 2.43 bits per heavy atom. The molecule has 8 nitrogen and oxygen atoms in total. The van der Waals surface area contributed by atoms with Crippen molar-refractivity contribution in [2.24, 2.45) is 0 Å². The van der Waals surface area contributed by atoms with Gasteiger partial charge in [-0.2, -0.15) is 23.0 Å². The van der Waals surface area contributed by atoms with Gasteiger partial charge in [-0.3, -0.25) is 9.59 Å². The van der Waals surface area contributed by atoms with E-state index in [4.69, 9.17) is 16.7 Å². The van der Waals surface area contributed by atoms with Crippen LogP contribution in [-0.4, -0.2) is 49.6 Å². The minimum absolute atomic E-state index is 0.141. The second-order valence-electron chi connectivity index (χ2n) is 6.03. The van der Waals surface area contributed by atoms with E-state index in [2.05, 4.69) is 15.1 Å². The number of hydrogen-bond donors (Lipinski definition) is 2. The van der Waals surface area contributed by atoms with E-state index in [1.54, 1.807) is 24.3 Å². The van der Waals surface area contributed by atoms with Gasteiger partial charge >= 0.3 is 6.18 Å². The first kappa shape index (κ1) is 21.4. The van der Waals surface area contributed by atoms with E-state index >= 15 is 0 Å². The molecule has 156 valence electrons. The molecule has 2 heterocycles.